The Balaban J connectivity index is 1.99. The van der Waals surface area contributed by atoms with Gasteiger partial charge in [-0.05, 0) is 18.9 Å². The Morgan fingerprint density at radius 2 is 1.88 bits per heavy atom. The highest BCUT2D eigenvalue weighted by Crippen LogP contribution is 2.26. The number of Topliss-reactive ketones (excluding diaryl/α,β-unsaturated/α-hetero) is 1. The molecule has 0 radical (unpaired) electrons. The molecule has 1 aliphatic carbocycles. The van der Waals surface area contributed by atoms with Crippen LogP contribution in [0, 0.1) is 5.92 Å². The van der Waals surface area contributed by atoms with Crippen LogP contribution in [0.1, 0.15) is 37.7 Å². The summed E-state index contributed by atoms with van der Waals surface area (Å²) in [6.45, 7) is 0. The molecule has 1 aromatic carbocycles. The molecule has 16 heavy (non-hydrogen) atoms. The maximum Gasteiger partial charge on any atom is 0.140 e. The lowest BCUT2D eigenvalue weighted by Gasteiger charge is -2.20. The van der Waals surface area contributed by atoms with E-state index in [4.69, 9.17) is 0 Å². The molecule has 2 heteroatoms. The third-order valence-corrected chi connectivity index (χ3v) is 3.42. The smallest absolute Gasteiger partial charge is 0.140 e. The molecule has 0 spiro atoms. The zero-order chi connectivity index (χ0) is 11.4. The van der Waals surface area contributed by atoms with Gasteiger partial charge in [0.2, 0.25) is 0 Å². The molecule has 1 aliphatic rings. The summed E-state index contributed by atoms with van der Waals surface area (Å²) >= 11 is 0. The van der Waals surface area contributed by atoms with Crippen LogP contribution in [0.4, 0.5) is 0 Å². The summed E-state index contributed by atoms with van der Waals surface area (Å²) in [6.07, 6.45) is 6.07. The van der Waals surface area contributed by atoms with Gasteiger partial charge in [-0.15, -0.1) is 0 Å². The summed E-state index contributed by atoms with van der Waals surface area (Å²) < 4.78 is 0. The predicted molar refractivity (Wildman–Crippen MR) is 63.4 cm³/mol. The lowest BCUT2D eigenvalue weighted by atomic mass is 9.84. The van der Waals surface area contributed by atoms with Crippen molar-refractivity contribution in [3.8, 4) is 5.75 Å². The lowest BCUT2D eigenvalue weighted by Crippen LogP contribution is -2.19. The normalized spacial score (nSPS) is 17.2. The lowest BCUT2D eigenvalue weighted by molar-refractivity contribution is -0.123. The number of rotatable bonds is 3. The fourth-order valence-corrected chi connectivity index (χ4v) is 2.42. The summed E-state index contributed by atoms with van der Waals surface area (Å²) in [5.41, 5.74) is 0.762. The Bertz CT molecular complexity index is 365. The Hall–Kier alpha value is -1.31. The van der Waals surface area contributed by atoms with Gasteiger partial charge in [-0.2, -0.15) is 0 Å². The van der Waals surface area contributed by atoms with E-state index in [0.717, 1.165) is 18.4 Å². The number of phenols is 1. The molecule has 0 aliphatic heterocycles. The topological polar surface area (TPSA) is 37.3 Å². The van der Waals surface area contributed by atoms with Crippen LogP contribution in [-0.2, 0) is 11.2 Å². The van der Waals surface area contributed by atoms with E-state index in [0.29, 0.717) is 12.2 Å². The molecule has 1 saturated carbocycles. The molecule has 0 saturated heterocycles. The first-order valence-electron chi connectivity index (χ1n) is 6.07. The summed E-state index contributed by atoms with van der Waals surface area (Å²) in [5, 5.41) is 9.61. The van der Waals surface area contributed by atoms with E-state index in [1.807, 2.05) is 12.1 Å². The molecule has 0 aromatic heterocycles. The van der Waals surface area contributed by atoms with Crippen molar-refractivity contribution in [3.05, 3.63) is 29.8 Å². The van der Waals surface area contributed by atoms with Crippen molar-refractivity contribution in [1.29, 1.82) is 0 Å². The number of carbonyl (C=O) groups is 1. The van der Waals surface area contributed by atoms with Gasteiger partial charge in [0.1, 0.15) is 11.5 Å². The number of hydrogen-bond donors (Lipinski definition) is 1. The summed E-state index contributed by atoms with van der Waals surface area (Å²) in [4.78, 5) is 12.0. The molecule has 1 aromatic rings. The van der Waals surface area contributed by atoms with Gasteiger partial charge in [-0.3, -0.25) is 4.79 Å². The van der Waals surface area contributed by atoms with E-state index in [9.17, 15) is 9.90 Å². The molecule has 0 heterocycles. The van der Waals surface area contributed by atoms with Gasteiger partial charge >= 0.3 is 0 Å². The fraction of sp³-hybridized carbons (Fsp3) is 0.500. The number of carbonyl (C=O) groups excluding carboxylic acids is 1. The minimum absolute atomic E-state index is 0.230. The molecule has 86 valence electrons. The predicted octanol–water partition coefficient (Wildman–Crippen LogP) is 3.08. The quantitative estimate of drug-likeness (QED) is 0.846. The van der Waals surface area contributed by atoms with Crippen molar-refractivity contribution in [2.24, 2.45) is 5.92 Å². The highest BCUT2D eigenvalue weighted by molar-refractivity contribution is 5.83. The maximum absolute atomic E-state index is 12.0. The van der Waals surface area contributed by atoms with Gasteiger partial charge in [0.15, 0.2) is 0 Å². The van der Waals surface area contributed by atoms with E-state index in [2.05, 4.69) is 0 Å². The average Bonchev–Trinajstić information content (AvgIpc) is 2.33. The molecular weight excluding hydrogens is 200 g/mol. The summed E-state index contributed by atoms with van der Waals surface area (Å²) in [7, 11) is 0. The second kappa shape index (κ2) is 5.15. The first kappa shape index (κ1) is 11.2. The average molecular weight is 218 g/mol. The van der Waals surface area contributed by atoms with E-state index in [1.165, 1.54) is 19.3 Å². The SMILES string of the molecule is O=C(Cc1ccccc1O)C1CCCCC1. The van der Waals surface area contributed by atoms with Crippen LogP contribution in [0.2, 0.25) is 0 Å². The molecule has 0 amide bonds. The first-order valence-corrected chi connectivity index (χ1v) is 6.07. The third-order valence-electron chi connectivity index (χ3n) is 3.42. The molecule has 0 atom stereocenters. The Morgan fingerprint density at radius 1 is 1.19 bits per heavy atom. The Morgan fingerprint density at radius 3 is 2.56 bits per heavy atom. The van der Waals surface area contributed by atoms with Gasteiger partial charge in [0.25, 0.3) is 0 Å². The Kier molecular flexibility index (Phi) is 3.60. The number of aromatic hydroxyl groups is 1. The van der Waals surface area contributed by atoms with Crippen molar-refractivity contribution in [1.82, 2.24) is 0 Å². The van der Waals surface area contributed by atoms with Crippen LogP contribution >= 0.6 is 0 Å². The largest absolute Gasteiger partial charge is 0.508 e. The summed E-state index contributed by atoms with van der Waals surface area (Å²) in [6, 6.07) is 7.12. The van der Waals surface area contributed by atoms with Crippen molar-refractivity contribution in [2.45, 2.75) is 38.5 Å². The first-order chi connectivity index (χ1) is 7.77. The number of benzene rings is 1. The fourth-order valence-electron chi connectivity index (χ4n) is 2.42. The molecule has 1 N–H and O–H groups in total. The molecule has 2 rings (SSSR count). The van der Waals surface area contributed by atoms with Crippen LogP contribution in [0.25, 0.3) is 0 Å². The number of para-hydroxylation sites is 1. The van der Waals surface area contributed by atoms with Gasteiger partial charge in [-0.1, -0.05) is 37.5 Å². The second-order valence-corrected chi connectivity index (χ2v) is 4.61. The van der Waals surface area contributed by atoms with E-state index in [-0.39, 0.29) is 11.7 Å². The van der Waals surface area contributed by atoms with Crippen molar-refractivity contribution >= 4 is 5.78 Å². The van der Waals surface area contributed by atoms with E-state index < -0.39 is 0 Å². The third kappa shape index (κ3) is 2.63. The highest BCUT2D eigenvalue weighted by Gasteiger charge is 2.21. The van der Waals surface area contributed by atoms with E-state index >= 15 is 0 Å². The van der Waals surface area contributed by atoms with Gasteiger partial charge in [0, 0.05) is 17.9 Å². The summed E-state index contributed by atoms with van der Waals surface area (Å²) in [5.74, 6) is 0.765. The van der Waals surface area contributed by atoms with Crippen LogP contribution in [0.5, 0.6) is 5.75 Å². The highest BCUT2D eigenvalue weighted by atomic mass is 16.3. The zero-order valence-electron chi connectivity index (χ0n) is 9.48. The number of hydrogen-bond acceptors (Lipinski definition) is 2. The van der Waals surface area contributed by atoms with Gasteiger partial charge < -0.3 is 5.11 Å². The number of ketones is 1. The minimum Gasteiger partial charge on any atom is -0.508 e. The van der Waals surface area contributed by atoms with Gasteiger partial charge in [0.05, 0.1) is 0 Å². The maximum atomic E-state index is 12.0. The molecular formula is C14H18O2. The van der Waals surface area contributed by atoms with Crippen molar-refractivity contribution in [3.63, 3.8) is 0 Å². The Labute approximate surface area is 96.3 Å². The standard InChI is InChI=1S/C14H18O2/c15-13-9-5-4-8-12(13)10-14(16)11-6-2-1-3-7-11/h4-5,8-9,11,15H,1-3,6-7,10H2. The minimum atomic E-state index is 0.230. The van der Waals surface area contributed by atoms with Crippen molar-refractivity contribution < 1.29 is 9.90 Å². The molecule has 0 bridgehead atoms. The van der Waals surface area contributed by atoms with Crippen LogP contribution in [-0.4, -0.2) is 10.9 Å². The number of phenolic OH excluding ortho intramolecular Hbond substituents is 1. The molecule has 0 unspecified atom stereocenters. The molecule has 2 nitrogen and oxygen atoms in total. The van der Waals surface area contributed by atoms with Crippen LogP contribution < -0.4 is 0 Å². The zero-order valence-corrected chi connectivity index (χ0v) is 9.48. The monoisotopic (exact) mass is 218 g/mol. The van der Waals surface area contributed by atoms with Crippen LogP contribution in [0.15, 0.2) is 24.3 Å². The van der Waals surface area contributed by atoms with E-state index in [1.54, 1.807) is 12.1 Å². The van der Waals surface area contributed by atoms with Crippen molar-refractivity contribution in [2.75, 3.05) is 0 Å². The van der Waals surface area contributed by atoms with Gasteiger partial charge in [-0.25, -0.2) is 0 Å². The van der Waals surface area contributed by atoms with Crippen LogP contribution in [0.3, 0.4) is 0 Å². The molecule has 1 fully saturated rings. The second-order valence-electron chi connectivity index (χ2n) is 4.61.